The monoisotopic (exact) mass is 482 g/mol. The molecule has 0 amide bonds. The molecule has 180 valence electrons. The predicted molar refractivity (Wildman–Crippen MR) is 137 cm³/mol. The largest absolute Gasteiger partial charge is 0.304 e. The van der Waals surface area contributed by atoms with Gasteiger partial charge in [0.05, 0.1) is 21.8 Å². The van der Waals surface area contributed by atoms with E-state index in [0.29, 0.717) is 16.9 Å². The van der Waals surface area contributed by atoms with Crippen molar-refractivity contribution in [2.75, 3.05) is 19.6 Å². The van der Waals surface area contributed by atoms with Crippen LogP contribution in [0, 0.1) is 6.92 Å². The fourth-order valence-corrected chi connectivity index (χ4v) is 4.14. The summed E-state index contributed by atoms with van der Waals surface area (Å²) in [5, 5.41) is 2.99. The van der Waals surface area contributed by atoms with Gasteiger partial charge in [0, 0.05) is 23.0 Å². The maximum atomic E-state index is 12.8. The molecule has 0 fully saturated rings. The third-order valence-electron chi connectivity index (χ3n) is 5.71. The lowest BCUT2D eigenvalue weighted by atomic mass is 10.0. The Morgan fingerprint density at radius 2 is 1.65 bits per heavy atom. The van der Waals surface area contributed by atoms with Crippen molar-refractivity contribution in [1.29, 1.82) is 0 Å². The van der Waals surface area contributed by atoms with Crippen molar-refractivity contribution in [3.8, 4) is 5.69 Å². The van der Waals surface area contributed by atoms with Crippen molar-refractivity contribution in [2.45, 2.75) is 32.6 Å². The molecule has 8 nitrogen and oxygen atoms in total. The van der Waals surface area contributed by atoms with Gasteiger partial charge in [0.1, 0.15) is 0 Å². The van der Waals surface area contributed by atoms with Crippen LogP contribution in [0.1, 0.15) is 37.6 Å². The molecule has 0 saturated heterocycles. The van der Waals surface area contributed by atoms with Gasteiger partial charge >= 0.3 is 0 Å². The molecule has 0 bridgehead atoms. The Balaban J connectivity index is 0.000000406. The maximum Gasteiger partial charge on any atom is 0.294 e. The molecule has 0 radical (unpaired) electrons. The zero-order valence-electron chi connectivity index (χ0n) is 19.8. The van der Waals surface area contributed by atoms with Gasteiger partial charge in [-0.05, 0) is 63.0 Å². The van der Waals surface area contributed by atoms with E-state index in [9.17, 15) is 13.2 Å². The van der Waals surface area contributed by atoms with E-state index < -0.39 is 10.1 Å². The summed E-state index contributed by atoms with van der Waals surface area (Å²) >= 11 is 0. The van der Waals surface area contributed by atoms with Crippen molar-refractivity contribution in [1.82, 2.24) is 14.7 Å². The molecule has 0 atom stereocenters. The zero-order chi connectivity index (χ0) is 24.9. The van der Waals surface area contributed by atoms with Crippen LogP contribution in [-0.4, -0.2) is 53.5 Å². The Bertz CT molecular complexity index is 1360. The number of nitrogens with zero attached hydrogens (tertiary/aromatic N) is 3. The quantitative estimate of drug-likeness (QED) is 0.509. The number of allylic oxidation sites excluding steroid dienone is 1. The molecule has 0 unspecified atom stereocenters. The number of aromatic nitrogens is 2. The first-order valence-electron chi connectivity index (χ1n) is 11.2. The van der Waals surface area contributed by atoms with Crippen LogP contribution in [0.15, 0.2) is 63.2 Å². The van der Waals surface area contributed by atoms with Crippen LogP contribution in [0.2, 0.25) is 0 Å². The lowest BCUT2D eigenvalue weighted by Gasteiger charge is -2.13. The van der Waals surface area contributed by atoms with Crippen LogP contribution in [0.4, 0.5) is 5.69 Å². The molecule has 1 aliphatic rings. The van der Waals surface area contributed by atoms with Gasteiger partial charge in [-0.25, -0.2) is 4.68 Å². The van der Waals surface area contributed by atoms with E-state index in [-0.39, 0.29) is 10.5 Å². The van der Waals surface area contributed by atoms with Gasteiger partial charge in [-0.2, -0.15) is 8.42 Å². The van der Waals surface area contributed by atoms with Gasteiger partial charge in [-0.15, -0.1) is 0 Å². The van der Waals surface area contributed by atoms with Crippen molar-refractivity contribution in [2.24, 2.45) is 4.99 Å². The van der Waals surface area contributed by atoms with Crippen LogP contribution < -0.4 is 5.56 Å². The first-order chi connectivity index (χ1) is 16.2. The van der Waals surface area contributed by atoms with E-state index in [1.54, 1.807) is 19.2 Å². The van der Waals surface area contributed by atoms with Gasteiger partial charge in [0.2, 0.25) is 0 Å². The molecule has 0 spiro atoms. The van der Waals surface area contributed by atoms with E-state index in [1.165, 1.54) is 48.6 Å². The molecule has 2 aromatic carbocycles. The molecule has 0 saturated carbocycles. The highest BCUT2D eigenvalue weighted by Crippen LogP contribution is 2.32. The first kappa shape index (κ1) is 25.4. The summed E-state index contributed by atoms with van der Waals surface area (Å²) in [4.78, 5) is 19.3. The fraction of sp³-hybridized carbons (Fsp3) is 0.280. The van der Waals surface area contributed by atoms with Gasteiger partial charge in [-0.1, -0.05) is 39.0 Å². The highest BCUT2D eigenvalue weighted by molar-refractivity contribution is 7.85. The molecule has 1 aliphatic heterocycles. The molecule has 0 aliphatic carbocycles. The van der Waals surface area contributed by atoms with Crippen LogP contribution in [0.25, 0.3) is 17.3 Å². The summed E-state index contributed by atoms with van der Waals surface area (Å²) in [5.41, 5.74) is 4.02. The summed E-state index contributed by atoms with van der Waals surface area (Å²) in [6.07, 6.45) is 3.51. The number of fused-ring (bicyclic) bond motifs is 1. The Labute approximate surface area is 200 Å². The van der Waals surface area contributed by atoms with Crippen LogP contribution in [0.5, 0.6) is 0 Å². The second-order valence-corrected chi connectivity index (χ2v) is 9.18. The van der Waals surface area contributed by atoms with Gasteiger partial charge in [0.15, 0.2) is 0 Å². The predicted octanol–water partition coefficient (Wildman–Crippen LogP) is 4.33. The molecular formula is C25H30N4O4S. The summed E-state index contributed by atoms with van der Waals surface area (Å²) < 4.78 is 32.7. The summed E-state index contributed by atoms with van der Waals surface area (Å²) in [6, 6.07) is 13.1. The van der Waals surface area contributed by atoms with Crippen LogP contribution >= 0.6 is 0 Å². The summed E-state index contributed by atoms with van der Waals surface area (Å²) in [5.74, 6) is 0. The number of rotatable bonds is 6. The minimum Gasteiger partial charge on any atom is -0.304 e. The molecule has 2 heterocycles. The molecular weight excluding hydrogens is 452 g/mol. The minimum absolute atomic E-state index is 0.233. The number of hydrogen-bond donors (Lipinski definition) is 2. The SMILES string of the molecule is CCN(CC)CC.Cc1[nH]n(-c2ccc(S(=O)(=O)O)cc2)c(=O)c1C=C1C=Nc2ccccc21. The average molecular weight is 483 g/mol. The second-order valence-electron chi connectivity index (χ2n) is 7.75. The number of aryl methyl sites for hydroxylation is 1. The summed E-state index contributed by atoms with van der Waals surface area (Å²) in [6.45, 7) is 11.9. The number of hydrogen-bond acceptors (Lipinski definition) is 5. The van der Waals surface area contributed by atoms with E-state index >= 15 is 0 Å². The number of H-pyrrole nitrogens is 1. The lowest BCUT2D eigenvalue weighted by Crippen LogP contribution is -2.21. The smallest absolute Gasteiger partial charge is 0.294 e. The standard InChI is InChI=1S/C19H15N3O4S.C6H15N/c1-12-17(10-13-11-20-18-5-3-2-4-16(13)18)19(23)22(21-12)14-6-8-15(9-7-14)27(24,25)26;1-4-7(5-2)6-3/h2-11,21H,1H3,(H,24,25,26);4-6H2,1-3H3. The third kappa shape index (κ3) is 5.61. The highest BCUT2D eigenvalue weighted by Gasteiger charge is 2.16. The fourth-order valence-electron chi connectivity index (χ4n) is 3.66. The molecule has 2 N–H and O–H groups in total. The Hall–Kier alpha value is -3.27. The van der Waals surface area contributed by atoms with Crippen LogP contribution in [-0.2, 0) is 10.1 Å². The zero-order valence-corrected chi connectivity index (χ0v) is 20.6. The normalized spacial score (nSPS) is 13.8. The maximum absolute atomic E-state index is 12.8. The molecule has 3 aromatic rings. The second kappa shape index (κ2) is 10.8. The van der Waals surface area contributed by atoms with Crippen molar-refractivity contribution in [3.05, 3.63) is 75.7 Å². The topological polar surface area (TPSA) is 108 Å². The molecule has 4 rings (SSSR count). The first-order valence-corrected chi connectivity index (χ1v) is 12.6. The number of nitrogens with one attached hydrogen (secondary N) is 1. The number of aliphatic imine (C=N–C) groups is 1. The Kier molecular flexibility index (Phi) is 8.03. The van der Waals surface area contributed by atoms with Crippen LogP contribution in [0.3, 0.4) is 0 Å². The average Bonchev–Trinajstić information content (AvgIpc) is 3.36. The summed E-state index contributed by atoms with van der Waals surface area (Å²) in [7, 11) is -4.28. The van der Waals surface area contributed by atoms with Crippen molar-refractivity contribution < 1.29 is 13.0 Å². The van der Waals surface area contributed by atoms with E-state index in [4.69, 9.17) is 4.55 Å². The molecule has 9 heteroatoms. The van der Waals surface area contributed by atoms with E-state index in [0.717, 1.165) is 16.8 Å². The molecule has 34 heavy (non-hydrogen) atoms. The lowest BCUT2D eigenvalue weighted by molar-refractivity contribution is 0.321. The van der Waals surface area contributed by atoms with Gasteiger partial charge < -0.3 is 4.90 Å². The number of aromatic amines is 1. The van der Waals surface area contributed by atoms with Gasteiger partial charge in [0.25, 0.3) is 15.7 Å². The molecule has 1 aromatic heterocycles. The van der Waals surface area contributed by atoms with Crippen molar-refractivity contribution in [3.63, 3.8) is 0 Å². The Morgan fingerprint density at radius 3 is 2.21 bits per heavy atom. The Morgan fingerprint density at radius 1 is 1.03 bits per heavy atom. The highest BCUT2D eigenvalue weighted by atomic mass is 32.2. The van der Waals surface area contributed by atoms with E-state index in [1.807, 2.05) is 24.3 Å². The number of benzene rings is 2. The third-order valence-corrected chi connectivity index (χ3v) is 6.58. The van der Waals surface area contributed by atoms with Gasteiger partial charge in [-0.3, -0.25) is 19.4 Å². The minimum atomic E-state index is -4.28. The van der Waals surface area contributed by atoms with E-state index in [2.05, 4.69) is 35.8 Å². The number of para-hydroxylation sites is 1. The van der Waals surface area contributed by atoms with Crippen molar-refractivity contribution >= 4 is 33.7 Å².